The molecule has 28 heavy (non-hydrogen) atoms. The minimum absolute atomic E-state index is 0.104. The predicted octanol–water partition coefficient (Wildman–Crippen LogP) is 7.59. The lowest BCUT2D eigenvalue weighted by Crippen LogP contribution is -2.10. The van der Waals surface area contributed by atoms with Crippen molar-refractivity contribution in [3.63, 3.8) is 0 Å². The summed E-state index contributed by atoms with van der Waals surface area (Å²) in [6.07, 6.45) is 0. The van der Waals surface area contributed by atoms with Crippen LogP contribution in [0.25, 0.3) is 10.4 Å². The topological polar surface area (TPSA) is 75.0 Å². The Kier molecular flexibility index (Phi) is 5.14. The van der Waals surface area contributed by atoms with E-state index in [0.717, 1.165) is 28.6 Å². The van der Waals surface area contributed by atoms with Gasteiger partial charge in [-0.05, 0) is 35.4 Å². The molecule has 5 heteroatoms. The smallest absolute Gasteiger partial charge is 0.119 e. The van der Waals surface area contributed by atoms with Crippen molar-refractivity contribution in [2.45, 2.75) is 58.3 Å². The summed E-state index contributed by atoms with van der Waals surface area (Å²) in [6.45, 7) is 12.7. The van der Waals surface area contributed by atoms with Gasteiger partial charge in [0, 0.05) is 21.4 Å². The molecule has 1 aromatic carbocycles. The SMILES string of the molecule is CC(C)(C)c1ccc(C(c2ccc(C(C)(C)C)o2)c2ccccc2N=[N+]=[N-])o1. The maximum absolute atomic E-state index is 9.00. The van der Waals surface area contributed by atoms with Crippen molar-refractivity contribution in [1.82, 2.24) is 0 Å². The minimum Gasteiger partial charge on any atom is -0.464 e. The Morgan fingerprint density at radius 1 is 0.786 bits per heavy atom. The highest BCUT2D eigenvalue weighted by molar-refractivity contribution is 5.53. The Labute approximate surface area is 166 Å². The van der Waals surface area contributed by atoms with Crippen molar-refractivity contribution in [3.05, 3.63) is 87.6 Å². The zero-order chi connectivity index (χ0) is 20.5. The van der Waals surface area contributed by atoms with E-state index in [9.17, 15) is 0 Å². The van der Waals surface area contributed by atoms with Gasteiger partial charge in [-0.2, -0.15) is 0 Å². The van der Waals surface area contributed by atoms with E-state index in [1.54, 1.807) is 0 Å². The van der Waals surface area contributed by atoms with E-state index >= 15 is 0 Å². The van der Waals surface area contributed by atoms with E-state index in [-0.39, 0.29) is 16.7 Å². The summed E-state index contributed by atoms with van der Waals surface area (Å²) in [6, 6.07) is 15.5. The molecule has 0 aliphatic carbocycles. The molecule has 0 amide bonds. The van der Waals surface area contributed by atoms with E-state index in [0.29, 0.717) is 5.69 Å². The average Bonchev–Trinajstić information content (AvgIpc) is 3.26. The quantitative estimate of drug-likeness (QED) is 0.267. The van der Waals surface area contributed by atoms with Crippen LogP contribution in [0, 0.1) is 0 Å². The van der Waals surface area contributed by atoms with Crippen LogP contribution in [0.3, 0.4) is 0 Å². The number of benzene rings is 1. The normalized spacial score (nSPS) is 12.2. The number of nitrogens with zero attached hydrogens (tertiary/aromatic N) is 3. The van der Waals surface area contributed by atoms with Gasteiger partial charge in [-0.3, -0.25) is 0 Å². The maximum Gasteiger partial charge on any atom is 0.119 e. The van der Waals surface area contributed by atoms with Crippen molar-refractivity contribution in [3.8, 4) is 0 Å². The second-order valence-electron chi connectivity index (χ2n) is 9.09. The third-order valence-corrected chi connectivity index (χ3v) is 4.70. The summed E-state index contributed by atoms with van der Waals surface area (Å²) in [5, 5.41) is 3.89. The Hall–Kier alpha value is -2.91. The molecule has 0 atom stereocenters. The summed E-state index contributed by atoms with van der Waals surface area (Å²) >= 11 is 0. The lowest BCUT2D eigenvalue weighted by molar-refractivity contribution is 0.354. The van der Waals surface area contributed by atoms with Gasteiger partial charge in [0.25, 0.3) is 0 Å². The van der Waals surface area contributed by atoms with Crippen LogP contribution in [-0.4, -0.2) is 0 Å². The molecule has 0 aliphatic heterocycles. The van der Waals surface area contributed by atoms with Gasteiger partial charge < -0.3 is 8.83 Å². The third kappa shape index (κ3) is 4.00. The zero-order valence-electron chi connectivity index (χ0n) is 17.4. The summed E-state index contributed by atoms with van der Waals surface area (Å²) in [5.74, 6) is 3.03. The maximum atomic E-state index is 9.00. The van der Waals surface area contributed by atoms with Crippen LogP contribution in [0.1, 0.15) is 76.1 Å². The van der Waals surface area contributed by atoms with Crippen molar-refractivity contribution in [2.24, 2.45) is 5.11 Å². The first-order chi connectivity index (χ1) is 13.1. The standard InChI is InChI=1S/C23H27N3O2/c1-22(2,3)19-13-11-17(27-19)21(15-9-7-8-10-16(15)25-26-24)18-12-14-20(28-18)23(4,5)6/h7-14,21H,1-6H3. The molecule has 0 unspecified atom stereocenters. The molecule has 0 spiro atoms. The molecule has 3 rings (SSSR count). The first-order valence-corrected chi connectivity index (χ1v) is 9.45. The van der Waals surface area contributed by atoms with E-state index in [1.165, 1.54) is 0 Å². The number of rotatable bonds is 4. The van der Waals surface area contributed by atoms with Crippen LogP contribution in [0.4, 0.5) is 5.69 Å². The predicted molar refractivity (Wildman–Crippen MR) is 111 cm³/mol. The Morgan fingerprint density at radius 3 is 1.71 bits per heavy atom. The molecule has 0 fully saturated rings. The van der Waals surface area contributed by atoms with Gasteiger partial charge in [-0.1, -0.05) is 70.9 Å². The number of hydrogen-bond acceptors (Lipinski definition) is 3. The summed E-state index contributed by atoms with van der Waals surface area (Å²) in [5.41, 5.74) is 10.2. The van der Waals surface area contributed by atoms with Crippen molar-refractivity contribution in [1.29, 1.82) is 0 Å². The fourth-order valence-electron chi connectivity index (χ4n) is 3.14. The summed E-state index contributed by atoms with van der Waals surface area (Å²) in [7, 11) is 0. The van der Waals surface area contributed by atoms with E-state index in [2.05, 4.69) is 51.6 Å². The Morgan fingerprint density at radius 2 is 1.29 bits per heavy atom. The van der Waals surface area contributed by atoms with Crippen molar-refractivity contribution >= 4 is 5.69 Å². The fourth-order valence-corrected chi connectivity index (χ4v) is 3.14. The first-order valence-electron chi connectivity index (χ1n) is 9.45. The lowest BCUT2D eigenvalue weighted by Gasteiger charge is -2.19. The highest BCUT2D eigenvalue weighted by atomic mass is 16.4. The van der Waals surface area contributed by atoms with Crippen LogP contribution in [-0.2, 0) is 10.8 Å². The first kappa shape index (κ1) is 19.8. The van der Waals surface area contributed by atoms with Gasteiger partial charge >= 0.3 is 0 Å². The number of hydrogen-bond donors (Lipinski definition) is 0. The van der Waals surface area contributed by atoms with Crippen LogP contribution in [0.15, 0.2) is 62.5 Å². The zero-order valence-corrected chi connectivity index (χ0v) is 17.4. The van der Waals surface area contributed by atoms with Gasteiger partial charge in [-0.25, -0.2) is 0 Å². The molecule has 2 heterocycles. The molecule has 3 aromatic rings. The monoisotopic (exact) mass is 377 g/mol. The molecule has 0 aliphatic rings. The van der Waals surface area contributed by atoms with Gasteiger partial charge in [0.2, 0.25) is 0 Å². The lowest BCUT2D eigenvalue weighted by atomic mass is 9.92. The Balaban J connectivity index is 2.19. The molecule has 0 radical (unpaired) electrons. The number of furan rings is 2. The average molecular weight is 377 g/mol. The van der Waals surface area contributed by atoms with Crippen LogP contribution >= 0.6 is 0 Å². The van der Waals surface area contributed by atoms with Gasteiger partial charge in [0.15, 0.2) is 0 Å². The van der Waals surface area contributed by atoms with Crippen LogP contribution in [0.5, 0.6) is 0 Å². The van der Waals surface area contributed by atoms with Crippen molar-refractivity contribution in [2.75, 3.05) is 0 Å². The van der Waals surface area contributed by atoms with Gasteiger partial charge in [0.05, 0.1) is 0 Å². The molecule has 2 aromatic heterocycles. The highest BCUT2D eigenvalue weighted by Crippen LogP contribution is 2.41. The second-order valence-corrected chi connectivity index (χ2v) is 9.09. The van der Waals surface area contributed by atoms with Crippen molar-refractivity contribution < 1.29 is 8.83 Å². The summed E-state index contributed by atoms with van der Waals surface area (Å²) in [4.78, 5) is 2.99. The van der Waals surface area contributed by atoms with Gasteiger partial charge in [0.1, 0.15) is 29.0 Å². The van der Waals surface area contributed by atoms with E-state index in [4.69, 9.17) is 14.4 Å². The largest absolute Gasteiger partial charge is 0.464 e. The van der Waals surface area contributed by atoms with Crippen LogP contribution < -0.4 is 0 Å². The molecule has 0 bridgehead atoms. The molecular formula is C23H27N3O2. The minimum atomic E-state index is -0.297. The fraction of sp³-hybridized carbons (Fsp3) is 0.391. The second kappa shape index (κ2) is 7.25. The molecular weight excluding hydrogens is 350 g/mol. The molecule has 0 saturated carbocycles. The molecule has 0 saturated heterocycles. The molecule has 5 nitrogen and oxygen atoms in total. The highest BCUT2D eigenvalue weighted by Gasteiger charge is 2.29. The van der Waals surface area contributed by atoms with E-state index < -0.39 is 0 Å². The number of azide groups is 1. The molecule has 146 valence electrons. The van der Waals surface area contributed by atoms with E-state index in [1.807, 2.05) is 48.5 Å². The van der Waals surface area contributed by atoms with Gasteiger partial charge in [-0.15, -0.1) is 0 Å². The van der Waals surface area contributed by atoms with Crippen LogP contribution in [0.2, 0.25) is 0 Å². The summed E-state index contributed by atoms with van der Waals surface area (Å²) < 4.78 is 12.5. The Bertz CT molecular complexity index is 957. The molecule has 0 N–H and O–H groups in total. The third-order valence-electron chi connectivity index (χ3n) is 4.70.